The highest BCUT2D eigenvalue weighted by molar-refractivity contribution is 5.31. The molecule has 0 bridgehead atoms. The van der Waals surface area contributed by atoms with Crippen molar-refractivity contribution in [2.24, 2.45) is 0 Å². The molecule has 1 unspecified atom stereocenters. The van der Waals surface area contributed by atoms with Gasteiger partial charge in [0.1, 0.15) is 0 Å². The van der Waals surface area contributed by atoms with Gasteiger partial charge in [0.05, 0.1) is 6.04 Å². The molecule has 2 rings (SSSR count). The van der Waals surface area contributed by atoms with Crippen molar-refractivity contribution in [3.63, 3.8) is 0 Å². The number of hydrogen-bond acceptors (Lipinski definition) is 1. The Balaban J connectivity index is 2.33. The maximum absolute atomic E-state index is 2.20. The lowest BCUT2D eigenvalue weighted by Gasteiger charge is -2.29. The zero-order chi connectivity index (χ0) is 7.68. The predicted octanol–water partition coefficient (Wildman–Crippen LogP) is 2.21. The van der Waals surface area contributed by atoms with E-state index in [0.29, 0.717) is 6.04 Å². The van der Waals surface area contributed by atoms with Crippen LogP contribution < -0.4 is 0 Å². The van der Waals surface area contributed by atoms with E-state index in [-0.39, 0.29) is 0 Å². The van der Waals surface area contributed by atoms with Gasteiger partial charge >= 0.3 is 0 Å². The molecule has 1 nitrogen and oxygen atoms in total. The van der Waals surface area contributed by atoms with Gasteiger partial charge in [0, 0.05) is 12.4 Å². The molecule has 0 radical (unpaired) electrons. The highest BCUT2D eigenvalue weighted by Crippen LogP contribution is 2.19. The number of allylic oxidation sites excluding steroid dienone is 4. The maximum atomic E-state index is 2.20. The lowest BCUT2D eigenvalue weighted by atomic mass is 10.0. The molecule has 1 atom stereocenters. The van der Waals surface area contributed by atoms with Crippen LogP contribution >= 0.6 is 0 Å². The lowest BCUT2D eigenvalue weighted by molar-refractivity contribution is 0.458. The Kier molecular flexibility index (Phi) is 1.42. The zero-order valence-electron chi connectivity index (χ0n) is 6.57. The minimum absolute atomic E-state index is 0.463. The molecule has 0 fully saturated rings. The smallest absolute Gasteiger partial charge is 0.0727 e. The zero-order valence-corrected chi connectivity index (χ0v) is 6.57. The van der Waals surface area contributed by atoms with E-state index in [2.05, 4.69) is 54.6 Å². The molecule has 0 aromatic rings. The summed E-state index contributed by atoms with van der Waals surface area (Å²) in [6.45, 7) is 2.16. The molecule has 2 heterocycles. The van der Waals surface area contributed by atoms with Crippen LogP contribution in [0.25, 0.3) is 0 Å². The van der Waals surface area contributed by atoms with Crippen LogP contribution in [0.5, 0.6) is 0 Å². The molecular weight excluding hydrogens is 134 g/mol. The summed E-state index contributed by atoms with van der Waals surface area (Å²) in [7, 11) is 0. The molecule has 1 heteroatoms. The second-order valence-corrected chi connectivity index (χ2v) is 2.87. The molecule has 0 saturated carbocycles. The Labute approximate surface area is 67.0 Å². The Morgan fingerprint density at radius 2 is 2.00 bits per heavy atom. The average Bonchev–Trinajstić information content (AvgIpc) is 2.06. The minimum atomic E-state index is 0.463. The van der Waals surface area contributed by atoms with Crippen LogP contribution in [0.1, 0.15) is 6.92 Å². The number of rotatable bonds is 0. The van der Waals surface area contributed by atoms with Crippen LogP contribution in [-0.4, -0.2) is 10.9 Å². The van der Waals surface area contributed by atoms with Gasteiger partial charge in [0.2, 0.25) is 0 Å². The van der Waals surface area contributed by atoms with E-state index in [1.807, 2.05) is 0 Å². The van der Waals surface area contributed by atoms with Crippen molar-refractivity contribution >= 4 is 0 Å². The van der Waals surface area contributed by atoms with Crippen LogP contribution in [0.2, 0.25) is 0 Å². The van der Waals surface area contributed by atoms with Crippen molar-refractivity contribution < 1.29 is 0 Å². The maximum Gasteiger partial charge on any atom is 0.0727 e. The van der Waals surface area contributed by atoms with Crippen LogP contribution in [-0.2, 0) is 0 Å². The number of hydrogen-bond donors (Lipinski definition) is 0. The molecule has 0 aliphatic carbocycles. The van der Waals surface area contributed by atoms with Gasteiger partial charge in [-0.2, -0.15) is 0 Å². The van der Waals surface area contributed by atoms with Crippen molar-refractivity contribution in [1.82, 2.24) is 4.90 Å². The summed E-state index contributed by atoms with van der Waals surface area (Å²) in [6.07, 6.45) is 14.8. The van der Waals surface area contributed by atoms with Crippen LogP contribution in [0.3, 0.4) is 0 Å². The fourth-order valence-corrected chi connectivity index (χ4v) is 1.43. The highest BCUT2D eigenvalue weighted by Gasteiger charge is 2.15. The van der Waals surface area contributed by atoms with E-state index >= 15 is 0 Å². The van der Waals surface area contributed by atoms with Crippen LogP contribution in [0.4, 0.5) is 0 Å². The third-order valence-corrected chi connectivity index (χ3v) is 2.07. The first-order valence-corrected chi connectivity index (χ1v) is 3.85. The first-order chi connectivity index (χ1) is 5.38. The van der Waals surface area contributed by atoms with Crippen molar-refractivity contribution in [3.8, 4) is 0 Å². The van der Waals surface area contributed by atoms with Gasteiger partial charge in [-0.15, -0.1) is 0 Å². The standard InChI is InChI=1S/C10H11N/c1-9-5-4-8-11-7-3-2-6-10(9)11/h2-8,10H,1H3. The predicted molar refractivity (Wildman–Crippen MR) is 46.8 cm³/mol. The molecule has 2 aliphatic heterocycles. The summed E-state index contributed by atoms with van der Waals surface area (Å²) in [4.78, 5) is 2.20. The fraction of sp³-hybridized carbons (Fsp3) is 0.200. The van der Waals surface area contributed by atoms with Crippen LogP contribution in [0, 0.1) is 0 Å². The SMILES string of the molecule is CC1=CC=CN2C=CC=CC12. The van der Waals surface area contributed by atoms with E-state index in [1.54, 1.807) is 0 Å². The van der Waals surface area contributed by atoms with Gasteiger partial charge in [-0.3, -0.25) is 0 Å². The molecule has 0 spiro atoms. The normalized spacial score (nSPS) is 26.8. The Bertz CT molecular complexity index is 269. The van der Waals surface area contributed by atoms with Gasteiger partial charge in [0.15, 0.2) is 0 Å². The molecule has 2 aliphatic rings. The summed E-state index contributed by atoms with van der Waals surface area (Å²) < 4.78 is 0. The first kappa shape index (κ1) is 6.47. The number of nitrogens with zero attached hydrogens (tertiary/aromatic N) is 1. The Morgan fingerprint density at radius 1 is 1.18 bits per heavy atom. The quantitative estimate of drug-likeness (QED) is 0.505. The largest absolute Gasteiger partial charge is 0.344 e. The second-order valence-electron chi connectivity index (χ2n) is 2.87. The summed E-state index contributed by atoms with van der Waals surface area (Å²) in [5.41, 5.74) is 1.40. The van der Waals surface area contributed by atoms with E-state index in [1.165, 1.54) is 5.57 Å². The summed E-state index contributed by atoms with van der Waals surface area (Å²) in [5.74, 6) is 0. The van der Waals surface area contributed by atoms with Crippen molar-refractivity contribution in [2.75, 3.05) is 0 Å². The van der Waals surface area contributed by atoms with E-state index in [0.717, 1.165) is 0 Å². The summed E-state index contributed by atoms with van der Waals surface area (Å²) >= 11 is 0. The summed E-state index contributed by atoms with van der Waals surface area (Å²) in [5, 5.41) is 0. The third kappa shape index (κ3) is 1.03. The van der Waals surface area contributed by atoms with Crippen molar-refractivity contribution in [2.45, 2.75) is 13.0 Å². The summed E-state index contributed by atoms with van der Waals surface area (Å²) in [6, 6.07) is 0.463. The molecule has 0 amide bonds. The van der Waals surface area contributed by atoms with Gasteiger partial charge in [-0.05, 0) is 24.6 Å². The Hall–Kier alpha value is -1.24. The fourth-order valence-electron chi connectivity index (χ4n) is 1.43. The van der Waals surface area contributed by atoms with Gasteiger partial charge < -0.3 is 4.90 Å². The second kappa shape index (κ2) is 2.42. The molecule has 0 saturated heterocycles. The topological polar surface area (TPSA) is 3.24 Å². The van der Waals surface area contributed by atoms with E-state index < -0.39 is 0 Å². The molecule has 0 aromatic carbocycles. The molecule has 0 aromatic heterocycles. The van der Waals surface area contributed by atoms with Crippen LogP contribution in [0.15, 0.2) is 48.4 Å². The molecule has 11 heavy (non-hydrogen) atoms. The third-order valence-electron chi connectivity index (χ3n) is 2.07. The van der Waals surface area contributed by atoms with Gasteiger partial charge in [-0.1, -0.05) is 18.2 Å². The van der Waals surface area contributed by atoms with Gasteiger partial charge in [-0.25, -0.2) is 0 Å². The first-order valence-electron chi connectivity index (χ1n) is 3.85. The minimum Gasteiger partial charge on any atom is -0.344 e. The lowest BCUT2D eigenvalue weighted by Crippen LogP contribution is -2.28. The Morgan fingerprint density at radius 3 is 2.82 bits per heavy atom. The molecule has 56 valence electrons. The molecular formula is C10H11N. The molecule has 0 N–H and O–H groups in total. The van der Waals surface area contributed by atoms with Crippen molar-refractivity contribution in [3.05, 3.63) is 48.4 Å². The highest BCUT2D eigenvalue weighted by atomic mass is 15.1. The van der Waals surface area contributed by atoms with Gasteiger partial charge in [0.25, 0.3) is 0 Å². The monoisotopic (exact) mass is 145 g/mol. The average molecular weight is 145 g/mol. The van der Waals surface area contributed by atoms with Crippen molar-refractivity contribution in [1.29, 1.82) is 0 Å². The van der Waals surface area contributed by atoms with E-state index in [4.69, 9.17) is 0 Å². The van der Waals surface area contributed by atoms with E-state index in [9.17, 15) is 0 Å². The number of fused-ring (bicyclic) bond motifs is 1.